The molecule has 6 atom stereocenters. The van der Waals surface area contributed by atoms with Crippen molar-refractivity contribution in [1.82, 2.24) is 15.1 Å². The average Bonchev–Trinajstić information content (AvgIpc) is 3.38. The molecule has 2 aliphatic carbocycles. The van der Waals surface area contributed by atoms with E-state index in [1.165, 1.54) is 12.1 Å². The number of anilines is 1. The van der Waals surface area contributed by atoms with Crippen LogP contribution in [-0.4, -0.2) is 49.0 Å². The molecule has 2 saturated heterocycles. The highest BCUT2D eigenvalue weighted by atomic mass is 35.5. The number of hydrogen-bond acceptors (Lipinski definition) is 8. The van der Waals surface area contributed by atoms with E-state index in [2.05, 4.69) is 10.4 Å². The van der Waals surface area contributed by atoms with Gasteiger partial charge in [0.15, 0.2) is 5.82 Å². The fourth-order valence-corrected chi connectivity index (χ4v) is 8.14. The maximum atomic E-state index is 14.9. The highest BCUT2D eigenvalue weighted by molar-refractivity contribution is 6.33. The highest BCUT2D eigenvalue weighted by Gasteiger charge is 2.70. The van der Waals surface area contributed by atoms with Crippen LogP contribution < -0.4 is 5.43 Å². The summed E-state index contributed by atoms with van der Waals surface area (Å²) in [5.74, 6) is -8.33. The van der Waals surface area contributed by atoms with E-state index in [1.807, 2.05) is 0 Å². The molecule has 242 valence electrons. The van der Waals surface area contributed by atoms with E-state index in [-0.39, 0.29) is 29.5 Å². The monoisotopic (exact) mass is 686 g/mol. The Kier molecular flexibility index (Phi) is 7.15. The van der Waals surface area contributed by atoms with E-state index >= 15 is 0 Å². The zero-order valence-electron chi connectivity index (χ0n) is 23.9. The van der Waals surface area contributed by atoms with Gasteiger partial charge >= 0.3 is 6.18 Å². The summed E-state index contributed by atoms with van der Waals surface area (Å²) in [5.41, 5.74) is 1.19. The molecule has 4 aliphatic rings. The number of aromatic hydroxyl groups is 1. The van der Waals surface area contributed by atoms with Gasteiger partial charge in [0.1, 0.15) is 5.75 Å². The van der Waals surface area contributed by atoms with Crippen molar-refractivity contribution in [3.05, 3.63) is 99.2 Å². The Morgan fingerprint density at radius 3 is 2.26 bits per heavy atom. The molecule has 15 heteroatoms. The van der Waals surface area contributed by atoms with Crippen LogP contribution in [-0.2, 0) is 30.8 Å². The van der Waals surface area contributed by atoms with Crippen molar-refractivity contribution in [2.24, 2.45) is 23.7 Å². The molecule has 3 fully saturated rings. The number of pyridine rings is 1. The fourth-order valence-electron chi connectivity index (χ4n) is 7.81. The van der Waals surface area contributed by atoms with Gasteiger partial charge in [-0.2, -0.15) is 23.2 Å². The molecule has 0 radical (unpaired) electrons. The van der Waals surface area contributed by atoms with E-state index in [4.69, 9.17) is 23.2 Å². The number of hydroxylamine groups is 2. The summed E-state index contributed by atoms with van der Waals surface area (Å²) in [4.78, 5) is 59.2. The van der Waals surface area contributed by atoms with Crippen molar-refractivity contribution >= 4 is 52.6 Å². The number of phenolic OH excluding ortho intramolecular Hbond substituents is 1. The highest BCUT2D eigenvalue weighted by Crippen LogP contribution is 2.64. The van der Waals surface area contributed by atoms with Gasteiger partial charge in [0.05, 0.1) is 33.8 Å². The van der Waals surface area contributed by atoms with Gasteiger partial charge in [-0.05, 0) is 60.2 Å². The van der Waals surface area contributed by atoms with Crippen LogP contribution in [0.15, 0.2) is 72.4 Å². The smallest absolute Gasteiger partial charge is 0.417 e. The molecule has 1 aromatic heterocycles. The molecular formula is C32H23Cl2F3N4O6. The first kappa shape index (κ1) is 31.2. The second-order valence-electron chi connectivity index (χ2n) is 12.0. The summed E-state index contributed by atoms with van der Waals surface area (Å²) in [6.07, 6.45) is -2.46. The predicted octanol–water partition coefficient (Wildman–Crippen LogP) is 5.49. The van der Waals surface area contributed by atoms with E-state index in [0.29, 0.717) is 39.0 Å². The first-order valence-corrected chi connectivity index (χ1v) is 15.2. The third kappa shape index (κ3) is 4.54. The van der Waals surface area contributed by atoms with Gasteiger partial charge in [0, 0.05) is 17.1 Å². The lowest BCUT2D eigenvalue weighted by Gasteiger charge is -2.50. The topological polar surface area (TPSA) is 140 Å². The Hall–Kier alpha value is -4.46. The minimum atomic E-state index is -4.75. The van der Waals surface area contributed by atoms with Crippen LogP contribution in [0.25, 0.3) is 0 Å². The molecule has 47 heavy (non-hydrogen) atoms. The number of imide groups is 2. The van der Waals surface area contributed by atoms with E-state index in [1.54, 1.807) is 42.5 Å². The molecule has 3 aromatic rings. The van der Waals surface area contributed by atoms with Gasteiger partial charge in [-0.15, -0.1) is 0 Å². The molecule has 7 rings (SSSR count). The Morgan fingerprint density at radius 2 is 1.62 bits per heavy atom. The molecule has 6 unspecified atom stereocenters. The number of rotatable bonds is 4. The Bertz CT molecular complexity index is 1890. The minimum absolute atomic E-state index is 0.0662. The second kappa shape index (κ2) is 10.8. The maximum Gasteiger partial charge on any atom is 0.417 e. The number of hydrogen-bond donors (Lipinski definition) is 3. The molecule has 2 aromatic carbocycles. The zero-order valence-corrected chi connectivity index (χ0v) is 25.4. The van der Waals surface area contributed by atoms with Gasteiger partial charge in [-0.1, -0.05) is 59.1 Å². The van der Waals surface area contributed by atoms with Crippen molar-refractivity contribution in [3.8, 4) is 5.75 Å². The number of hydrazine groups is 1. The van der Waals surface area contributed by atoms with Gasteiger partial charge in [0.25, 0.3) is 23.6 Å². The van der Waals surface area contributed by atoms with E-state index < -0.39 is 75.4 Å². The maximum absolute atomic E-state index is 14.9. The van der Waals surface area contributed by atoms with Crippen LogP contribution in [0, 0.1) is 23.7 Å². The number of fused-ring (bicyclic) bond motifs is 4. The summed E-state index contributed by atoms with van der Waals surface area (Å²) >= 11 is 12.4. The SMILES string of the molecule is O=C1C2CC=C3C(CC4C(=O)N(Nc5ncc(C(F)(F)F)cc5Cl)C(=O)C4(c4ccc(Cl)cc4)C3c3ccc(O)cc3)C2C(=O)N1O. The van der Waals surface area contributed by atoms with E-state index in [0.717, 1.165) is 0 Å². The third-order valence-corrected chi connectivity index (χ3v) is 10.3. The van der Waals surface area contributed by atoms with Crippen molar-refractivity contribution in [3.63, 3.8) is 0 Å². The number of nitrogens with one attached hydrogen (secondary N) is 1. The molecule has 3 heterocycles. The molecule has 4 amide bonds. The number of aromatic nitrogens is 1. The number of amides is 4. The van der Waals surface area contributed by atoms with Gasteiger partial charge in [-0.3, -0.25) is 29.8 Å². The number of alkyl halides is 3. The molecule has 0 bridgehead atoms. The number of benzene rings is 2. The Labute approximate surface area is 274 Å². The molecular weight excluding hydrogens is 664 g/mol. The number of carbonyl (C=O) groups excluding carboxylic acids is 4. The quantitative estimate of drug-likeness (QED) is 0.186. The second-order valence-corrected chi connectivity index (χ2v) is 12.8. The number of carbonyl (C=O) groups is 4. The van der Waals surface area contributed by atoms with Crippen LogP contribution in [0.2, 0.25) is 10.0 Å². The van der Waals surface area contributed by atoms with Crippen LogP contribution >= 0.6 is 23.2 Å². The van der Waals surface area contributed by atoms with Crippen LogP contribution in [0.5, 0.6) is 5.75 Å². The van der Waals surface area contributed by atoms with Crippen LogP contribution in [0.1, 0.15) is 35.4 Å². The van der Waals surface area contributed by atoms with Gasteiger partial charge in [-0.25, -0.2) is 4.98 Å². The lowest BCUT2D eigenvalue weighted by atomic mass is 9.49. The van der Waals surface area contributed by atoms with E-state index in [9.17, 15) is 42.7 Å². The van der Waals surface area contributed by atoms with Crippen molar-refractivity contribution < 1.29 is 42.7 Å². The first-order valence-electron chi connectivity index (χ1n) is 14.4. The summed E-state index contributed by atoms with van der Waals surface area (Å²) in [6, 6.07) is 12.9. The van der Waals surface area contributed by atoms with Crippen molar-refractivity contribution in [1.29, 1.82) is 0 Å². The largest absolute Gasteiger partial charge is 0.508 e. The molecule has 3 N–H and O–H groups in total. The zero-order chi connectivity index (χ0) is 33.6. The summed E-state index contributed by atoms with van der Waals surface area (Å²) < 4.78 is 39.9. The predicted molar refractivity (Wildman–Crippen MR) is 159 cm³/mol. The van der Waals surface area contributed by atoms with Crippen LogP contribution in [0.4, 0.5) is 19.0 Å². The standard InChI is InChI=1S/C32H23Cl2F3N4O6/c33-17-5-3-15(4-6-17)31-22(28(44)40(30(31)46)39-26-23(34)11-16(13-38-26)32(35,36)37)12-21-19(25(31)14-1-7-18(42)8-2-14)9-10-20-24(21)29(45)41(47)27(20)43/h1-9,11,13,20-22,24-25,42,47H,10,12H2,(H,38,39). The molecule has 10 nitrogen and oxygen atoms in total. The van der Waals surface area contributed by atoms with Crippen LogP contribution in [0.3, 0.4) is 0 Å². The molecule has 2 aliphatic heterocycles. The lowest BCUT2D eigenvalue weighted by molar-refractivity contribution is -0.173. The number of halogens is 5. The van der Waals surface area contributed by atoms with Gasteiger partial charge in [0.2, 0.25) is 0 Å². The minimum Gasteiger partial charge on any atom is -0.508 e. The number of allylic oxidation sites excluding steroid dienone is 2. The fraction of sp³-hybridized carbons (Fsp3) is 0.281. The normalized spacial score (nSPS) is 28.6. The number of phenols is 1. The lowest BCUT2D eigenvalue weighted by Crippen LogP contribution is -2.53. The van der Waals surface area contributed by atoms with Crippen molar-refractivity contribution in [2.75, 3.05) is 5.43 Å². The summed E-state index contributed by atoms with van der Waals surface area (Å²) in [5, 5.41) is 21.0. The van der Waals surface area contributed by atoms with Crippen molar-refractivity contribution in [2.45, 2.75) is 30.4 Å². The summed E-state index contributed by atoms with van der Waals surface area (Å²) in [6.45, 7) is 0. The third-order valence-electron chi connectivity index (χ3n) is 9.76. The molecule has 0 spiro atoms. The number of nitrogens with zero attached hydrogens (tertiary/aromatic N) is 3. The Balaban J connectivity index is 1.43. The Morgan fingerprint density at radius 1 is 0.936 bits per heavy atom. The first-order chi connectivity index (χ1) is 22.2. The average molecular weight is 687 g/mol. The molecule has 1 saturated carbocycles. The van der Waals surface area contributed by atoms with Gasteiger partial charge < -0.3 is 5.11 Å². The summed E-state index contributed by atoms with van der Waals surface area (Å²) in [7, 11) is 0.